The zero-order chi connectivity index (χ0) is 34.4. The van der Waals surface area contributed by atoms with Crippen molar-refractivity contribution in [2.45, 2.75) is 37.0 Å². The Balaban J connectivity index is 0.00000117. The molecule has 3 aromatic carbocycles. The van der Waals surface area contributed by atoms with Gasteiger partial charge in [-0.25, -0.2) is 0 Å². The van der Waals surface area contributed by atoms with Gasteiger partial charge in [0, 0.05) is 0 Å². The molecule has 0 aliphatic carbocycles. The average Bonchev–Trinajstić information content (AvgIpc) is 3.70. The van der Waals surface area contributed by atoms with Crippen molar-refractivity contribution < 1.29 is 51.4 Å². The van der Waals surface area contributed by atoms with Crippen LogP contribution in [0.5, 0.6) is 23.0 Å². The Morgan fingerprint density at radius 2 is 1.06 bits per heavy atom. The molecule has 1 spiro atoms. The van der Waals surface area contributed by atoms with E-state index in [0.717, 1.165) is 5.56 Å². The molecule has 0 unspecified atom stereocenters. The summed E-state index contributed by atoms with van der Waals surface area (Å²) >= 11 is 51.9. The first-order valence-corrected chi connectivity index (χ1v) is 19.3. The van der Waals surface area contributed by atoms with Crippen LogP contribution in [0.25, 0.3) is 0 Å². The molecule has 6 atom stereocenters. The van der Waals surface area contributed by atoms with Crippen molar-refractivity contribution >= 4 is 100 Å². The minimum Gasteiger partial charge on any atom is -0.351 e. The van der Waals surface area contributed by atoms with Crippen LogP contribution in [0.2, 0.25) is 40.2 Å². The van der Waals surface area contributed by atoms with Crippen LogP contribution in [0.15, 0.2) is 30.3 Å². The molecule has 3 fully saturated rings. The van der Waals surface area contributed by atoms with Gasteiger partial charge in [-0.2, -0.15) is 0 Å². The van der Waals surface area contributed by atoms with E-state index in [1.807, 2.05) is 49.7 Å². The summed E-state index contributed by atoms with van der Waals surface area (Å²) in [5.74, 6) is -1.10. The van der Waals surface area contributed by atoms with Crippen molar-refractivity contribution in [3.8, 4) is 23.0 Å². The molecule has 2 N–H and O–H groups in total. The molecular weight excluding hydrogens is 825 g/mol. The zero-order valence-electron chi connectivity index (χ0n) is 24.7. The van der Waals surface area contributed by atoms with E-state index in [-0.39, 0.29) is 69.8 Å². The predicted octanol–water partition coefficient (Wildman–Crippen LogP) is 8.81. The van der Waals surface area contributed by atoms with E-state index in [0.29, 0.717) is 0 Å². The number of methoxy groups -OCH3 is 1. The van der Waals surface area contributed by atoms with Crippen LogP contribution in [0, 0.1) is 0 Å². The Hall–Kier alpha value is -0.670. The number of rotatable bonds is 2. The maximum Gasteiger partial charge on any atom is 0.0647 e. The molecule has 0 radical (unpaired) electrons. The molecule has 48 heavy (non-hydrogen) atoms. The number of hydrogen-bond acceptors (Lipinski definition) is 10. The van der Waals surface area contributed by atoms with Crippen LogP contribution in [0.4, 0.5) is 0 Å². The quantitative estimate of drug-likeness (QED) is 0.153. The minimum atomic E-state index is -6.77. The summed E-state index contributed by atoms with van der Waals surface area (Å²) in [6.07, 6.45) is -5.92. The first-order chi connectivity index (χ1) is 22.8. The van der Waals surface area contributed by atoms with Gasteiger partial charge in [0.2, 0.25) is 0 Å². The van der Waals surface area contributed by atoms with Crippen LogP contribution in [-0.4, -0.2) is 58.5 Å². The predicted molar refractivity (Wildman–Crippen MR) is 182 cm³/mol. The monoisotopic (exact) mass is 845 g/mol. The maximum absolute atomic E-state index is 6.77. The summed E-state index contributed by atoms with van der Waals surface area (Å²) in [6, 6.07) is 9.26. The SMILES string of the molecule is CO[C@H]1O[C@@H]2CO[C@H](c3ccccc3)O[C@H]2[C@@H]2O[P-]34(Oc5c(Cl)c(Cl)c(Cl)c(Cl)c5O3)(Oc3c(Cl)c(Cl)c(Cl)c(Cl)c3O4)O[C@H]12.C[NH2+]C. The molecule has 262 valence electrons. The van der Waals surface area contributed by atoms with Crippen molar-refractivity contribution in [3.05, 3.63) is 76.1 Å². The number of nitrogens with two attached hydrogens (primary N) is 1. The Morgan fingerprint density at radius 1 is 0.625 bits per heavy atom. The number of ether oxygens (including phenoxy) is 4. The Labute approximate surface area is 313 Å². The van der Waals surface area contributed by atoms with Crippen LogP contribution >= 0.6 is 100 Å². The summed E-state index contributed by atoms with van der Waals surface area (Å²) in [7, 11) is -1.38. The number of benzene rings is 3. The third kappa shape index (κ3) is 5.09. The van der Waals surface area contributed by atoms with Crippen molar-refractivity contribution in [2.75, 3.05) is 27.8 Å². The van der Waals surface area contributed by atoms with Gasteiger partial charge in [-0.3, -0.25) is 0 Å². The van der Waals surface area contributed by atoms with E-state index in [4.69, 9.17) is 139 Å². The van der Waals surface area contributed by atoms with Crippen molar-refractivity contribution in [1.82, 2.24) is 0 Å². The van der Waals surface area contributed by atoms with Crippen LogP contribution < -0.4 is 23.4 Å². The standard InChI is InChI=1S/C26H16Cl8O10P.C2H7N/c1-35-26-24-23(18-9(37-26)7-36-25(38-18)8-5-3-2-4-6-8)43-45(44-24,39-19-14(31)10(27)11(28)15(32)20(19)40-45)41-21-16(33)12(29)13(30)17(34)22(21)42-45;1-3-2/h2-6,9,18,23-26H,7H2,1H3;3H,1-2H3/q-1;/p+1/t9-,18-,23+,24+,25+,26+;/m1./s1. The number of fused-ring (bicyclic) bond motifs is 5. The van der Waals surface area contributed by atoms with Gasteiger partial charge < -0.3 is 5.32 Å². The van der Waals surface area contributed by atoms with Gasteiger partial charge in [-0.15, -0.1) is 0 Å². The molecule has 0 bridgehead atoms. The second-order valence-electron chi connectivity index (χ2n) is 11.0. The van der Waals surface area contributed by atoms with Crippen molar-refractivity contribution in [1.29, 1.82) is 0 Å². The molecule has 5 aliphatic heterocycles. The molecule has 3 saturated heterocycles. The van der Waals surface area contributed by atoms with E-state index in [2.05, 4.69) is 0 Å². The summed E-state index contributed by atoms with van der Waals surface area (Å²) < 4.78 is 63.5. The molecule has 11 nitrogen and oxygen atoms in total. The molecule has 8 rings (SSSR count). The molecule has 0 aromatic heterocycles. The van der Waals surface area contributed by atoms with Crippen molar-refractivity contribution in [2.24, 2.45) is 0 Å². The van der Waals surface area contributed by atoms with E-state index in [9.17, 15) is 0 Å². The third-order valence-electron chi connectivity index (χ3n) is 7.74. The zero-order valence-corrected chi connectivity index (χ0v) is 31.6. The summed E-state index contributed by atoms with van der Waals surface area (Å²) in [5.41, 5.74) is 0.743. The van der Waals surface area contributed by atoms with Gasteiger partial charge >= 0.3 is 296 Å². The fourth-order valence-corrected chi connectivity index (χ4v) is 12.1. The van der Waals surface area contributed by atoms with Crippen LogP contribution in [0.3, 0.4) is 0 Å². The number of quaternary nitrogens is 1. The van der Waals surface area contributed by atoms with Crippen LogP contribution in [-0.2, 0) is 28.0 Å². The molecule has 0 saturated carbocycles. The average molecular weight is 849 g/mol. The largest absolute Gasteiger partial charge is 0.351 e. The Kier molecular flexibility index (Phi) is 9.08. The fourth-order valence-electron chi connectivity index (χ4n) is 5.81. The van der Waals surface area contributed by atoms with Gasteiger partial charge in [-0.05, 0) is 0 Å². The van der Waals surface area contributed by atoms with Crippen molar-refractivity contribution in [3.63, 3.8) is 0 Å². The van der Waals surface area contributed by atoms with Crippen LogP contribution in [0.1, 0.15) is 11.9 Å². The molecule has 3 aromatic rings. The van der Waals surface area contributed by atoms with E-state index < -0.39 is 44.3 Å². The van der Waals surface area contributed by atoms with E-state index in [1.54, 1.807) is 0 Å². The molecular formula is C28H24Cl8NO10P. The summed E-state index contributed by atoms with van der Waals surface area (Å²) in [4.78, 5) is 0. The maximum atomic E-state index is 6.76. The Morgan fingerprint density at radius 3 is 1.50 bits per heavy atom. The van der Waals surface area contributed by atoms with Gasteiger partial charge in [-0.1, -0.05) is 0 Å². The molecule has 5 heterocycles. The first kappa shape index (κ1) is 35.7. The number of hydrogen-bond donors (Lipinski definition) is 1. The van der Waals surface area contributed by atoms with Gasteiger partial charge in [0.25, 0.3) is 0 Å². The molecule has 20 heteroatoms. The second kappa shape index (κ2) is 12.2. The topological polar surface area (TPSA) is 109 Å². The Bertz CT molecular complexity index is 1680. The van der Waals surface area contributed by atoms with E-state index >= 15 is 0 Å². The summed E-state index contributed by atoms with van der Waals surface area (Å²) in [5, 5.41) is 0.476. The normalized spacial score (nSPS) is 30.7. The second-order valence-corrected chi connectivity index (χ2v) is 17.4. The molecule has 0 amide bonds. The van der Waals surface area contributed by atoms with Gasteiger partial charge in [0.1, 0.15) is 0 Å². The fraction of sp³-hybridized carbons (Fsp3) is 0.357. The first-order valence-electron chi connectivity index (χ1n) is 14.1. The third-order valence-corrected chi connectivity index (χ3v) is 14.8. The van der Waals surface area contributed by atoms with Gasteiger partial charge in [0.05, 0.1) is 14.1 Å². The summed E-state index contributed by atoms with van der Waals surface area (Å²) in [6.45, 7) is 0.0885. The smallest absolute Gasteiger partial charge is 0.0647 e. The van der Waals surface area contributed by atoms with Gasteiger partial charge in [0.15, 0.2) is 0 Å². The number of halogens is 8. The molecule has 5 aliphatic rings. The van der Waals surface area contributed by atoms with E-state index in [1.165, 1.54) is 7.11 Å². The minimum absolute atomic E-state index is 0.0885.